The summed E-state index contributed by atoms with van der Waals surface area (Å²) in [5.41, 5.74) is 1.55. The van der Waals surface area contributed by atoms with E-state index in [0.717, 1.165) is 5.69 Å². The van der Waals surface area contributed by atoms with Gasteiger partial charge in [-0.1, -0.05) is 11.6 Å². The number of hydrogen-bond donors (Lipinski definition) is 1. The van der Waals surface area contributed by atoms with E-state index >= 15 is 0 Å². The molecule has 0 aromatic carbocycles. The van der Waals surface area contributed by atoms with Crippen LogP contribution in [0.3, 0.4) is 0 Å². The molecule has 0 spiro atoms. The lowest BCUT2D eigenvalue weighted by atomic mass is 10.4. The van der Waals surface area contributed by atoms with Crippen LogP contribution in [-0.4, -0.2) is 26.9 Å². The number of aryl methyl sites for hydroxylation is 1. The molecule has 6 nitrogen and oxygen atoms in total. The van der Waals surface area contributed by atoms with Gasteiger partial charge in [0.25, 0.3) is 5.91 Å². The van der Waals surface area contributed by atoms with Gasteiger partial charge < -0.3 is 14.5 Å². The van der Waals surface area contributed by atoms with Crippen molar-refractivity contribution in [2.75, 3.05) is 11.9 Å². The van der Waals surface area contributed by atoms with Crippen molar-refractivity contribution in [3.8, 4) is 5.75 Å². The Labute approximate surface area is 131 Å². The second-order valence-corrected chi connectivity index (χ2v) is 5.12. The van der Waals surface area contributed by atoms with E-state index in [1.807, 2.05) is 29.8 Å². The number of nitrogens with one attached hydrogen (secondary N) is 1. The molecule has 1 amide bonds. The zero-order chi connectivity index (χ0) is 15.5. The predicted octanol–water partition coefficient (Wildman–Crippen LogP) is 2.71. The highest BCUT2D eigenvalue weighted by Gasteiger charge is 2.09. The molecule has 112 valence electrons. The van der Waals surface area contributed by atoms with Crippen molar-refractivity contribution in [3.05, 3.63) is 53.6 Å². The van der Waals surface area contributed by atoms with Gasteiger partial charge in [-0.15, -0.1) is 0 Å². The van der Waals surface area contributed by atoms with E-state index in [9.17, 15) is 4.79 Å². The lowest BCUT2D eigenvalue weighted by Crippen LogP contribution is -2.20. The molecule has 1 N–H and O–H groups in total. The van der Waals surface area contributed by atoms with E-state index in [-0.39, 0.29) is 12.5 Å². The fraction of sp³-hybridized carbons (Fsp3) is 0.133. The van der Waals surface area contributed by atoms with Gasteiger partial charge in [0, 0.05) is 23.6 Å². The van der Waals surface area contributed by atoms with E-state index in [0.29, 0.717) is 22.2 Å². The Hall–Kier alpha value is -2.60. The zero-order valence-corrected chi connectivity index (χ0v) is 12.5. The Bertz CT molecular complexity index is 831. The number of amides is 1. The molecule has 0 unspecified atom stereocenters. The lowest BCUT2D eigenvalue weighted by molar-refractivity contribution is -0.118. The van der Waals surface area contributed by atoms with Crippen LogP contribution >= 0.6 is 11.6 Å². The topological polar surface area (TPSA) is 68.5 Å². The Morgan fingerprint density at radius 2 is 2.32 bits per heavy atom. The molecule has 0 fully saturated rings. The standard InChI is InChI=1S/C15H13ClN4O2/c1-10-8-20-6-2-3-12(15(20)18-10)22-9-14(21)19-13-7-11(16)4-5-17-13/h2-8H,9H2,1H3,(H,17,19,21). The normalized spacial score (nSPS) is 10.6. The summed E-state index contributed by atoms with van der Waals surface area (Å²) in [6.07, 6.45) is 5.28. The van der Waals surface area contributed by atoms with Gasteiger partial charge in [-0.3, -0.25) is 4.79 Å². The van der Waals surface area contributed by atoms with Gasteiger partial charge in [-0.2, -0.15) is 0 Å². The predicted molar refractivity (Wildman–Crippen MR) is 83.3 cm³/mol. The first-order valence-corrected chi connectivity index (χ1v) is 6.98. The summed E-state index contributed by atoms with van der Waals surface area (Å²) in [5.74, 6) is 0.612. The molecule has 3 rings (SSSR count). The number of carbonyl (C=O) groups is 1. The van der Waals surface area contributed by atoms with Gasteiger partial charge in [-0.25, -0.2) is 9.97 Å². The highest BCUT2D eigenvalue weighted by Crippen LogP contribution is 2.18. The minimum atomic E-state index is -0.319. The number of pyridine rings is 2. The first-order chi connectivity index (χ1) is 10.6. The van der Waals surface area contributed by atoms with E-state index < -0.39 is 0 Å². The fourth-order valence-corrected chi connectivity index (χ4v) is 2.18. The monoisotopic (exact) mass is 316 g/mol. The Morgan fingerprint density at radius 3 is 3.14 bits per heavy atom. The van der Waals surface area contributed by atoms with Crippen molar-refractivity contribution in [1.82, 2.24) is 14.4 Å². The van der Waals surface area contributed by atoms with Crippen molar-refractivity contribution in [2.24, 2.45) is 0 Å². The van der Waals surface area contributed by atoms with Crippen LogP contribution < -0.4 is 10.1 Å². The molecule has 7 heteroatoms. The van der Waals surface area contributed by atoms with Crippen LogP contribution in [0, 0.1) is 6.92 Å². The second kappa shape index (κ2) is 6.03. The number of hydrogen-bond acceptors (Lipinski definition) is 4. The number of rotatable bonds is 4. The van der Waals surface area contributed by atoms with E-state index in [4.69, 9.17) is 16.3 Å². The largest absolute Gasteiger partial charge is 0.480 e. The molecule has 3 heterocycles. The number of ether oxygens (including phenoxy) is 1. The summed E-state index contributed by atoms with van der Waals surface area (Å²) < 4.78 is 7.39. The summed E-state index contributed by atoms with van der Waals surface area (Å²) >= 11 is 5.84. The third kappa shape index (κ3) is 3.17. The average molecular weight is 317 g/mol. The molecule has 0 saturated carbocycles. The maximum absolute atomic E-state index is 11.9. The SMILES string of the molecule is Cc1cn2cccc(OCC(=O)Nc3cc(Cl)ccn3)c2n1. The van der Waals surface area contributed by atoms with Crippen LogP contribution in [0.4, 0.5) is 5.82 Å². The van der Waals surface area contributed by atoms with Gasteiger partial charge >= 0.3 is 0 Å². The third-order valence-electron chi connectivity index (χ3n) is 2.92. The summed E-state index contributed by atoms with van der Waals surface area (Å²) in [6, 6.07) is 6.81. The van der Waals surface area contributed by atoms with Crippen LogP contribution in [0.15, 0.2) is 42.9 Å². The molecule has 0 saturated heterocycles. The minimum absolute atomic E-state index is 0.139. The van der Waals surface area contributed by atoms with E-state index in [2.05, 4.69) is 15.3 Å². The Kier molecular flexibility index (Phi) is 3.93. The molecule has 22 heavy (non-hydrogen) atoms. The Balaban J connectivity index is 1.67. The molecule has 0 radical (unpaired) electrons. The third-order valence-corrected chi connectivity index (χ3v) is 3.15. The summed E-state index contributed by atoms with van der Waals surface area (Å²) in [7, 11) is 0. The highest BCUT2D eigenvalue weighted by molar-refractivity contribution is 6.30. The maximum atomic E-state index is 11.9. The molecule has 3 aromatic heterocycles. The highest BCUT2D eigenvalue weighted by atomic mass is 35.5. The number of anilines is 1. The fourth-order valence-electron chi connectivity index (χ4n) is 2.02. The first kappa shape index (κ1) is 14.3. The van der Waals surface area contributed by atoms with Crippen LogP contribution in [0.1, 0.15) is 5.69 Å². The second-order valence-electron chi connectivity index (χ2n) is 4.68. The van der Waals surface area contributed by atoms with Gasteiger partial charge in [0.1, 0.15) is 5.82 Å². The summed E-state index contributed by atoms with van der Waals surface area (Å²) in [4.78, 5) is 20.3. The number of halogens is 1. The molecule has 0 aliphatic carbocycles. The van der Waals surface area contributed by atoms with Gasteiger partial charge in [0.15, 0.2) is 18.0 Å². The van der Waals surface area contributed by atoms with E-state index in [1.165, 1.54) is 6.20 Å². The van der Waals surface area contributed by atoms with Crippen molar-refractivity contribution < 1.29 is 9.53 Å². The molecule has 0 atom stereocenters. The van der Waals surface area contributed by atoms with Crippen LogP contribution in [0.25, 0.3) is 5.65 Å². The van der Waals surface area contributed by atoms with Crippen LogP contribution in [-0.2, 0) is 4.79 Å². The summed E-state index contributed by atoms with van der Waals surface area (Å²) in [6.45, 7) is 1.76. The number of imidazole rings is 1. The number of carbonyl (C=O) groups excluding carboxylic acids is 1. The van der Waals surface area contributed by atoms with Crippen LogP contribution in [0.2, 0.25) is 5.02 Å². The maximum Gasteiger partial charge on any atom is 0.263 e. The van der Waals surface area contributed by atoms with Gasteiger partial charge in [-0.05, 0) is 31.2 Å². The van der Waals surface area contributed by atoms with Gasteiger partial charge in [0.05, 0.1) is 5.69 Å². The number of fused-ring (bicyclic) bond motifs is 1. The van der Waals surface area contributed by atoms with Crippen molar-refractivity contribution in [2.45, 2.75) is 6.92 Å². The minimum Gasteiger partial charge on any atom is -0.480 e. The molecule has 0 aliphatic heterocycles. The Morgan fingerprint density at radius 1 is 1.45 bits per heavy atom. The molecule has 0 bridgehead atoms. The van der Waals surface area contributed by atoms with Crippen molar-refractivity contribution in [1.29, 1.82) is 0 Å². The van der Waals surface area contributed by atoms with Crippen molar-refractivity contribution in [3.63, 3.8) is 0 Å². The van der Waals surface area contributed by atoms with Crippen LogP contribution in [0.5, 0.6) is 5.75 Å². The molecular weight excluding hydrogens is 304 g/mol. The van der Waals surface area contributed by atoms with Gasteiger partial charge in [0.2, 0.25) is 0 Å². The average Bonchev–Trinajstić information content (AvgIpc) is 2.86. The lowest BCUT2D eigenvalue weighted by Gasteiger charge is -2.08. The molecule has 3 aromatic rings. The first-order valence-electron chi connectivity index (χ1n) is 6.60. The number of aromatic nitrogens is 3. The molecular formula is C15H13ClN4O2. The van der Waals surface area contributed by atoms with E-state index in [1.54, 1.807) is 18.2 Å². The molecule has 0 aliphatic rings. The summed E-state index contributed by atoms with van der Waals surface area (Å²) in [5, 5.41) is 3.12. The van der Waals surface area contributed by atoms with Crippen molar-refractivity contribution >= 4 is 29.0 Å². The zero-order valence-electron chi connectivity index (χ0n) is 11.8. The quantitative estimate of drug-likeness (QED) is 0.803. The number of nitrogens with zero attached hydrogens (tertiary/aromatic N) is 3. The smallest absolute Gasteiger partial charge is 0.263 e.